The van der Waals surface area contributed by atoms with Crippen LogP contribution in [0.15, 0.2) is 10.4 Å². The maximum Gasteiger partial charge on any atom is 0.434 e. The highest BCUT2D eigenvalue weighted by atomic mass is 127. The Morgan fingerprint density at radius 2 is 2.08 bits per heavy atom. The predicted molar refractivity (Wildman–Crippen MR) is 108 cm³/mol. The fourth-order valence-electron chi connectivity index (χ4n) is 3.51. The minimum Gasteiger partial charge on any atom is -0.356 e. The van der Waals surface area contributed by atoms with Crippen LogP contribution in [-0.4, -0.2) is 66.6 Å². The van der Waals surface area contributed by atoms with E-state index in [-0.39, 0.29) is 24.0 Å². The molecule has 26 heavy (non-hydrogen) atoms. The number of halogens is 4. The Morgan fingerprint density at radius 3 is 2.69 bits per heavy atom. The van der Waals surface area contributed by atoms with Gasteiger partial charge in [-0.05, 0) is 32.4 Å². The Bertz CT molecular complexity index is 601. The Balaban J connectivity index is 0.00000243. The van der Waals surface area contributed by atoms with Crippen LogP contribution in [0.3, 0.4) is 0 Å². The highest BCUT2D eigenvalue weighted by Crippen LogP contribution is 2.30. The van der Waals surface area contributed by atoms with Crippen LogP contribution in [0.4, 0.5) is 13.2 Å². The van der Waals surface area contributed by atoms with Crippen molar-refractivity contribution in [3.05, 3.63) is 16.1 Å². The van der Waals surface area contributed by atoms with Crippen LogP contribution in [0.5, 0.6) is 0 Å². The first kappa shape index (κ1) is 21.7. The molecule has 1 unspecified atom stereocenters. The number of hydrogen-bond donors (Lipinski definition) is 1. The van der Waals surface area contributed by atoms with E-state index < -0.39 is 11.9 Å². The Labute approximate surface area is 173 Å². The van der Waals surface area contributed by atoms with Crippen LogP contribution < -0.4 is 5.32 Å². The van der Waals surface area contributed by atoms with Gasteiger partial charge in [-0.25, -0.2) is 4.98 Å². The molecule has 0 bridgehead atoms. The van der Waals surface area contributed by atoms with Crippen LogP contribution in [0.25, 0.3) is 0 Å². The van der Waals surface area contributed by atoms with Gasteiger partial charge in [-0.2, -0.15) is 13.2 Å². The molecule has 5 nitrogen and oxygen atoms in total. The third kappa shape index (κ3) is 5.44. The van der Waals surface area contributed by atoms with Crippen molar-refractivity contribution >= 4 is 41.3 Å². The molecule has 2 fully saturated rings. The fraction of sp³-hybridized carbons (Fsp3) is 0.750. The van der Waals surface area contributed by atoms with Crippen LogP contribution in [-0.2, 0) is 12.6 Å². The standard InChI is InChI=1S/C16H24F3N5S.HI/c1-20-15(24-9-5-12(10-24)23-7-2-3-8-23)21-6-4-14-22-13(11-25-14)16(17,18)19;/h11-12H,2-10H2,1H3,(H,20,21);1H. The normalized spacial score (nSPS) is 21.9. The van der Waals surface area contributed by atoms with Gasteiger partial charge < -0.3 is 10.2 Å². The lowest BCUT2D eigenvalue weighted by atomic mass is 10.2. The maximum atomic E-state index is 12.6. The highest BCUT2D eigenvalue weighted by molar-refractivity contribution is 14.0. The molecule has 1 N–H and O–H groups in total. The van der Waals surface area contributed by atoms with Gasteiger partial charge in [0.15, 0.2) is 11.7 Å². The molecule has 2 aliphatic heterocycles. The van der Waals surface area contributed by atoms with Crippen molar-refractivity contribution in [2.45, 2.75) is 37.9 Å². The molecule has 0 radical (unpaired) electrons. The number of hydrogen-bond acceptors (Lipinski definition) is 4. The summed E-state index contributed by atoms with van der Waals surface area (Å²) in [6.45, 7) is 4.85. The molecule has 0 amide bonds. The van der Waals surface area contributed by atoms with E-state index in [2.05, 4.69) is 25.1 Å². The lowest BCUT2D eigenvalue weighted by Crippen LogP contribution is -2.43. The molecule has 2 saturated heterocycles. The molecule has 1 atom stereocenters. The largest absolute Gasteiger partial charge is 0.434 e. The quantitative estimate of drug-likeness (QED) is 0.390. The molecular formula is C16H25F3IN5S. The maximum absolute atomic E-state index is 12.6. The Morgan fingerprint density at radius 1 is 1.35 bits per heavy atom. The lowest BCUT2D eigenvalue weighted by molar-refractivity contribution is -0.140. The van der Waals surface area contributed by atoms with Crippen molar-refractivity contribution in [3.8, 4) is 0 Å². The van der Waals surface area contributed by atoms with E-state index >= 15 is 0 Å². The van der Waals surface area contributed by atoms with Gasteiger partial charge in [0.1, 0.15) is 0 Å². The van der Waals surface area contributed by atoms with Crippen LogP contribution in [0.2, 0.25) is 0 Å². The van der Waals surface area contributed by atoms with E-state index in [1.54, 1.807) is 7.05 Å². The minimum atomic E-state index is -4.36. The van der Waals surface area contributed by atoms with Crippen molar-refractivity contribution in [1.82, 2.24) is 20.1 Å². The van der Waals surface area contributed by atoms with Gasteiger partial charge in [-0.1, -0.05) is 0 Å². The van der Waals surface area contributed by atoms with E-state index in [0.29, 0.717) is 24.0 Å². The molecule has 1 aromatic heterocycles. The number of rotatable bonds is 4. The van der Waals surface area contributed by atoms with Gasteiger partial charge in [-0.3, -0.25) is 9.89 Å². The number of nitrogens with one attached hydrogen (secondary N) is 1. The molecule has 0 aromatic carbocycles. The molecule has 3 rings (SSSR count). The van der Waals surface area contributed by atoms with Crippen molar-refractivity contribution in [3.63, 3.8) is 0 Å². The average molecular weight is 503 g/mol. The molecule has 148 valence electrons. The summed E-state index contributed by atoms with van der Waals surface area (Å²) in [5.41, 5.74) is -0.801. The summed E-state index contributed by atoms with van der Waals surface area (Å²) >= 11 is 1.05. The van der Waals surface area contributed by atoms with E-state index in [1.807, 2.05) is 0 Å². The number of nitrogens with zero attached hydrogens (tertiary/aromatic N) is 4. The van der Waals surface area contributed by atoms with Crippen LogP contribution >= 0.6 is 35.3 Å². The minimum absolute atomic E-state index is 0. The monoisotopic (exact) mass is 503 g/mol. The lowest BCUT2D eigenvalue weighted by Gasteiger charge is -2.25. The van der Waals surface area contributed by atoms with Gasteiger partial charge in [0.2, 0.25) is 0 Å². The first-order chi connectivity index (χ1) is 12.0. The topological polar surface area (TPSA) is 43.8 Å². The molecule has 1 aromatic rings. The van der Waals surface area contributed by atoms with E-state index in [9.17, 15) is 13.2 Å². The number of guanidine groups is 1. The SMILES string of the molecule is CN=C(NCCc1nc(C(F)(F)F)cs1)N1CCC(N2CCCC2)C1.I. The van der Waals surface area contributed by atoms with Crippen molar-refractivity contribution in [2.24, 2.45) is 4.99 Å². The summed E-state index contributed by atoms with van der Waals surface area (Å²) in [6.07, 6.45) is -0.183. The molecule has 0 saturated carbocycles. The van der Waals surface area contributed by atoms with Gasteiger partial charge in [0.25, 0.3) is 0 Å². The Kier molecular flexibility index (Phi) is 7.95. The average Bonchev–Trinajstić information content (AvgIpc) is 3.31. The van der Waals surface area contributed by atoms with Crippen molar-refractivity contribution in [1.29, 1.82) is 0 Å². The van der Waals surface area contributed by atoms with Gasteiger partial charge in [-0.15, -0.1) is 35.3 Å². The summed E-state index contributed by atoms with van der Waals surface area (Å²) in [6, 6.07) is 0.592. The van der Waals surface area contributed by atoms with Crippen molar-refractivity contribution in [2.75, 3.05) is 39.8 Å². The zero-order chi connectivity index (χ0) is 17.9. The number of likely N-dealkylation sites (tertiary alicyclic amines) is 2. The molecule has 0 spiro atoms. The molecular weight excluding hydrogens is 478 g/mol. The smallest absolute Gasteiger partial charge is 0.356 e. The number of aromatic nitrogens is 1. The van der Waals surface area contributed by atoms with Gasteiger partial charge >= 0.3 is 6.18 Å². The number of alkyl halides is 3. The third-order valence-corrected chi connectivity index (χ3v) is 5.70. The summed E-state index contributed by atoms with van der Waals surface area (Å²) < 4.78 is 37.7. The highest BCUT2D eigenvalue weighted by Gasteiger charge is 2.33. The molecule has 0 aliphatic carbocycles. The second-order valence-electron chi connectivity index (χ2n) is 6.48. The summed E-state index contributed by atoms with van der Waals surface area (Å²) in [5, 5.41) is 4.83. The second kappa shape index (κ2) is 9.54. The first-order valence-corrected chi connectivity index (χ1v) is 9.56. The number of aliphatic imine (C=N–C) groups is 1. The summed E-state index contributed by atoms with van der Waals surface area (Å²) in [5.74, 6) is 0.828. The predicted octanol–water partition coefficient (Wildman–Crippen LogP) is 3.07. The third-order valence-electron chi connectivity index (χ3n) is 4.80. The van der Waals surface area contributed by atoms with Crippen LogP contribution in [0, 0.1) is 0 Å². The molecule has 2 aliphatic rings. The second-order valence-corrected chi connectivity index (χ2v) is 7.42. The van der Waals surface area contributed by atoms with Gasteiger partial charge in [0.05, 0.1) is 5.01 Å². The van der Waals surface area contributed by atoms with Gasteiger partial charge in [0, 0.05) is 44.5 Å². The summed E-state index contributed by atoms with van der Waals surface area (Å²) in [4.78, 5) is 12.8. The zero-order valence-electron chi connectivity index (χ0n) is 14.8. The van der Waals surface area contributed by atoms with Crippen molar-refractivity contribution < 1.29 is 13.2 Å². The summed E-state index contributed by atoms with van der Waals surface area (Å²) in [7, 11) is 1.75. The van der Waals surface area contributed by atoms with E-state index in [0.717, 1.165) is 42.2 Å². The molecule has 3 heterocycles. The first-order valence-electron chi connectivity index (χ1n) is 8.68. The fourth-order valence-corrected chi connectivity index (χ4v) is 4.31. The van der Waals surface area contributed by atoms with E-state index in [4.69, 9.17) is 0 Å². The van der Waals surface area contributed by atoms with Crippen LogP contribution in [0.1, 0.15) is 30.0 Å². The zero-order valence-corrected chi connectivity index (χ0v) is 17.9. The van der Waals surface area contributed by atoms with E-state index in [1.165, 1.54) is 25.9 Å². The number of thiazole rings is 1. The molecule has 10 heteroatoms. The Hall–Kier alpha value is -0.620.